The van der Waals surface area contributed by atoms with Gasteiger partial charge in [-0.3, -0.25) is 9.59 Å². The smallest absolute Gasteiger partial charge is 0.175 e. The molecule has 0 bridgehead atoms. The van der Waals surface area contributed by atoms with E-state index in [9.17, 15) is 9.59 Å². The lowest BCUT2D eigenvalue weighted by atomic mass is 10.2. The van der Waals surface area contributed by atoms with Crippen LogP contribution in [0.5, 0.6) is 23.0 Å². The zero-order valence-corrected chi connectivity index (χ0v) is 15.3. The summed E-state index contributed by atoms with van der Waals surface area (Å²) in [7, 11) is 0. The van der Waals surface area contributed by atoms with E-state index in [1.165, 1.54) is 12.1 Å². The van der Waals surface area contributed by atoms with Gasteiger partial charge >= 0.3 is 0 Å². The summed E-state index contributed by atoms with van der Waals surface area (Å²) in [6.45, 7) is 1.08. The van der Waals surface area contributed by atoms with Crippen LogP contribution in [-0.2, 0) is 0 Å². The van der Waals surface area contributed by atoms with Gasteiger partial charge in [0.05, 0.1) is 8.95 Å². The number of hydrogen-bond acceptors (Lipinski definition) is 6. The second-order valence-corrected chi connectivity index (χ2v) is 6.34. The van der Waals surface area contributed by atoms with Crippen molar-refractivity contribution in [3.63, 3.8) is 0 Å². The molecule has 1 aliphatic rings. The molecule has 0 fully saturated rings. The van der Waals surface area contributed by atoms with E-state index in [1.54, 1.807) is 12.1 Å². The van der Waals surface area contributed by atoms with Crippen LogP contribution in [0, 0.1) is 0 Å². The van der Waals surface area contributed by atoms with Crippen LogP contribution in [-0.4, -0.2) is 36.0 Å². The third kappa shape index (κ3) is 4.27. The molecule has 0 spiro atoms. The molecule has 0 aliphatic carbocycles. The molecular weight excluding hydrogens is 448 g/mol. The third-order valence-electron chi connectivity index (χ3n) is 2.96. The summed E-state index contributed by atoms with van der Waals surface area (Å²) in [5, 5.41) is 18.0. The van der Waals surface area contributed by atoms with E-state index < -0.39 is 0 Å². The first-order valence-electron chi connectivity index (χ1n) is 6.67. The molecule has 0 saturated heterocycles. The lowest BCUT2D eigenvalue weighted by Gasteiger charge is -2.19. The number of phenols is 2. The number of aldehydes is 2. The average molecular weight is 460 g/mol. The van der Waals surface area contributed by atoms with Crippen LogP contribution in [0.1, 0.15) is 20.7 Å². The number of carbonyl (C=O) groups is 2. The number of carbonyl (C=O) groups excluding carboxylic acids is 2. The molecule has 2 aromatic rings. The average Bonchev–Trinajstić information content (AvgIpc) is 2.59. The van der Waals surface area contributed by atoms with E-state index in [1.807, 2.05) is 0 Å². The zero-order chi connectivity index (χ0) is 17.7. The molecule has 24 heavy (non-hydrogen) atoms. The summed E-state index contributed by atoms with van der Waals surface area (Å²) in [4.78, 5) is 20.7. The van der Waals surface area contributed by atoms with Crippen molar-refractivity contribution >= 4 is 44.4 Å². The van der Waals surface area contributed by atoms with Gasteiger partial charge in [-0.25, -0.2) is 0 Å². The summed E-state index contributed by atoms with van der Waals surface area (Å²) >= 11 is 6.28. The van der Waals surface area contributed by atoms with Gasteiger partial charge in [0.15, 0.2) is 23.0 Å². The molecule has 1 aliphatic heterocycles. The summed E-state index contributed by atoms with van der Waals surface area (Å²) in [5.41, 5.74) is 0.892. The van der Waals surface area contributed by atoms with Gasteiger partial charge in [0.2, 0.25) is 0 Å². The molecule has 1 heterocycles. The fourth-order valence-corrected chi connectivity index (χ4v) is 2.91. The third-order valence-corrected chi connectivity index (χ3v) is 4.15. The van der Waals surface area contributed by atoms with Crippen LogP contribution >= 0.6 is 31.9 Å². The highest BCUT2D eigenvalue weighted by atomic mass is 79.9. The van der Waals surface area contributed by atoms with Gasteiger partial charge in [0.1, 0.15) is 25.8 Å². The van der Waals surface area contributed by atoms with Crippen molar-refractivity contribution in [3.05, 3.63) is 44.3 Å². The molecule has 3 rings (SSSR count). The Balaban J connectivity index is 0.000000177. The fraction of sp³-hybridized carbons (Fsp3) is 0.125. The second kappa shape index (κ2) is 8.16. The molecule has 126 valence electrons. The number of hydrogen-bond donors (Lipinski definition) is 2. The SMILES string of the molecule is O=Cc1cc(Br)c2c(c1)OCCO2.O=Cc1cc(O)c(O)c(Br)c1. The molecule has 2 aromatic carbocycles. The highest BCUT2D eigenvalue weighted by molar-refractivity contribution is 9.10. The first-order valence-corrected chi connectivity index (χ1v) is 8.25. The van der Waals surface area contributed by atoms with E-state index in [4.69, 9.17) is 19.7 Å². The Bertz CT molecular complexity index is 752. The maximum atomic E-state index is 10.5. The second-order valence-electron chi connectivity index (χ2n) is 4.63. The Morgan fingerprint density at radius 3 is 2.08 bits per heavy atom. The minimum atomic E-state index is -0.304. The Labute approximate surface area is 154 Å². The van der Waals surface area contributed by atoms with Crippen molar-refractivity contribution in [3.8, 4) is 23.0 Å². The first-order chi connectivity index (χ1) is 11.5. The molecular formula is C16H12Br2O6. The van der Waals surface area contributed by atoms with Crippen molar-refractivity contribution in [1.29, 1.82) is 0 Å². The number of ether oxygens (including phenoxy) is 2. The van der Waals surface area contributed by atoms with Gasteiger partial charge < -0.3 is 19.7 Å². The van der Waals surface area contributed by atoms with E-state index in [2.05, 4.69) is 31.9 Å². The number of fused-ring (bicyclic) bond motifs is 1. The predicted octanol–water partition coefficient (Wildman–Crippen LogP) is 3.71. The van der Waals surface area contributed by atoms with Crippen LogP contribution in [0.15, 0.2) is 33.2 Å². The zero-order valence-electron chi connectivity index (χ0n) is 12.2. The van der Waals surface area contributed by atoms with Gasteiger partial charge in [-0.15, -0.1) is 0 Å². The molecule has 6 nitrogen and oxygen atoms in total. The molecule has 2 N–H and O–H groups in total. The van der Waals surface area contributed by atoms with Crippen LogP contribution in [0.4, 0.5) is 0 Å². The standard InChI is InChI=1S/C9H7BrO3.C7H5BrO3/c10-7-3-6(5-11)4-8-9(7)13-2-1-12-8;8-5-1-4(3-9)2-6(10)7(5)11/h3-5H,1-2H2;1-3,10-11H. The molecule has 0 amide bonds. The van der Waals surface area contributed by atoms with E-state index in [0.717, 1.165) is 10.8 Å². The molecule has 0 atom stereocenters. The number of rotatable bonds is 2. The normalized spacial score (nSPS) is 11.9. The minimum absolute atomic E-state index is 0.254. The fourth-order valence-electron chi connectivity index (χ4n) is 1.87. The Morgan fingerprint density at radius 1 is 0.875 bits per heavy atom. The largest absolute Gasteiger partial charge is 0.504 e. The van der Waals surface area contributed by atoms with Crippen molar-refractivity contribution < 1.29 is 29.3 Å². The van der Waals surface area contributed by atoms with Gasteiger partial charge in [0, 0.05) is 11.1 Å². The van der Waals surface area contributed by atoms with Gasteiger partial charge in [-0.1, -0.05) is 0 Å². The topological polar surface area (TPSA) is 93.1 Å². The van der Waals surface area contributed by atoms with Crippen LogP contribution < -0.4 is 9.47 Å². The summed E-state index contributed by atoms with van der Waals surface area (Å²) < 4.78 is 11.8. The van der Waals surface area contributed by atoms with Gasteiger partial charge in [-0.05, 0) is 56.1 Å². The molecule has 0 radical (unpaired) electrons. The van der Waals surface area contributed by atoms with Gasteiger partial charge in [0.25, 0.3) is 0 Å². The van der Waals surface area contributed by atoms with Crippen molar-refractivity contribution in [1.82, 2.24) is 0 Å². The van der Waals surface area contributed by atoms with Crippen molar-refractivity contribution in [2.45, 2.75) is 0 Å². The molecule has 8 heteroatoms. The Hall–Kier alpha value is -2.06. The lowest BCUT2D eigenvalue weighted by Crippen LogP contribution is -2.15. The summed E-state index contributed by atoms with van der Waals surface area (Å²) in [6.07, 6.45) is 1.37. The van der Waals surface area contributed by atoms with Crippen LogP contribution in [0.2, 0.25) is 0 Å². The number of benzene rings is 2. The maximum Gasteiger partial charge on any atom is 0.175 e. The van der Waals surface area contributed by atoms with Crippen LogP contribution in [0.3, 0.4) is 0 Å². The first kappa shape index (κ1) is 18.3. The maximum absolute atomic E-state index is 10.5. The van der Waals surface area contributed by atoms with Gasteiger partial charge in [-0.2, -0.15) is 0 Å². The predicted molar refractivity (Wildman–Crippen MR) is 93.4 cm³/mol. The number of phenolic OH excluding ortho intramolecular Hbond substituents is 2. The van der Waals surface area contributed by atoms with Crippen molar-refractivity contribution in [2.75, 3.05) is 13.2 Å². The summed E-state index contributed by atoms with van der Waals surface area (Å²) in [6, 6.07) is 5.99. The molecule has 0 unspecified atom stereocenters. The quantitative estimate of drug-likeness (QED) is 0.525. The van der Waals surface area contributed by atoms with E-state index in [-0.39, 0.29) is 11.5 Å². The molecule has 0 saturated carbocycles. The highest BCUT2D eigenvalue weighted by Gasteiger charge is 2.15. The van der Waals surface area contributed by atoms with E-state index in [0.29, 0.717) is 46.6 Å². The lowest BCUT2D eigenvalue weighted by molar-refractivity contribution is 0.111. The number of aromatic hydroxyl groups is 2. The molecule has 0 aromatic heterocycles. The van der Waals surface area contributed by atoms with E-state index >= 15 is 0 Å². The summed E-state index contributed by atoms with van der Waals surface area (Å²) in [5.74, 6) is 0.747. The Kier molecular flexibility index (Phi) is 6.22. The minimum Gasteiger partial charge on any atom is -0.504 e. The van der Waals surface area contributed by atoms with Crippen molar-refractivity contribution in [2.24, 2.45) is 0 Å². The number of halogens is 2. The Morgan fingerprint density at radius 2 is 1.46 bits per heavy atom. The highest BCUT2D eigenvalue weighted by Crippen LogP contribution is 2.38. The monoisotopic (exact) mass is 458 g/mol. The van der Waals surface area contributed by atoms with Crippen LogP contribution in [0.25, 0.3) is 0 Å².